The van der Waals surface area contributed by atoms with E-state index in [1.807, 2.05) is 24.3 Å². The third kappa shape index (κ3) is 3.00. The van der Waals surface area contributed by atoms with Gasteiger partial charge in [0, 0.05) is 0 Å². The first-order chi connectivity index (χ1) is 8.35. The molecule has 0 saturated carbocycles. The van der Waals surface area contributed by atoms with E-state index < -0.39 is 24.6 Å². The summed E-state index contributed by atoms with van der Waals surface area (Å²) in [5.41, 5.74) is 0. The van der Waals surface area contributed by atoms with Crippen LogP contribution in [0.15, 0.2) is 48.5 Å². The number of ether oxygens (including phenoxy) is 2. The second kappa shape index (κ2) is 6.06. The summed E-state index contributed by atoms with van der Waals surface area (Å²) in [5, 5.41) is 0. The Labute approximate surface area is 114 Å². The molecule has 0 fully saturated rings. The van der Waals surface area contributed by atoms with E-state index in [-0.39, 0.29) is 0 Å². The van der Waals surface area contributed by atoms with Crippen LogP contribution in [0.25, 0.3) is 0 Å². The second-order valence-corrected chi connectivity index (χ2v) is 11.1. The molecule has 2 nitrogen and oxygen atoms in total. The van der Waals surface area contributed by atoms with E-state index >= 15 is 0 Å². The van der Waals surface area contributed by atoms with Crippen LogP contribution < -0.4 is 15.6 Å². The monoisotopic (exact) mass is 416 g/mol. The molecule has 84 valence electrons. The quantitative estimate of drug-likeness (QED) is 0.710. The maximum absolute atomic E-state index is 5.41. The standard InChI is InChI=1S/2C7H7O.Hg/c2*1-8-7-5-3-2-4-6-7;/h2*2-5H,1H3;. The van der Waals surface area contributed by atoms with E-state index in [2.05, 4.69) is 24.3 Å². The minimum atomic E-state index is -1.39. The molecular weight excluding hydrogens is 401 g/mol. The van der Waals surface area contributed by atoms with E-state index in [4.69, 9.17) is 9.47 Å². The summed E-state index contributed by atoms with van der Waals surface area (Å²) < 4.78 is 13.6. The van der Waals surface area contributed by atoms with Crippen LogP contribution >= 0.6 is 0 Å². The number of hydrogen-bond donors (Lipinski definition) is 0. The van der Waals surface area contributed by atoms with Crippen LogP contribution in [-0.2, 0) is 24.6 Å². The van der Waals surface area contributed by atoms with E-state index in [1.165, 1.54) is 6.14 Å². The van der Waals surface area contributed by atoms with Crippen molar-refractivity contribution in [2.75, 3.05) is 14.2 Å². The van der Waals surface area contributed by atoms with Gasteiger partial charge in [-0.2, -0.15) is 0 Å². The Kier molecular flexibility index (Phi) is 4.43. The fourth-order valence-corrected chi connectivity index (χ4v) is 8.87. The number of hydrogen-bond acceptors (Lipinski definition) is 2. The van der Waals surface area contributed by atoms with E-state index in [1.54, 1.807) is 14.2 Å². The molecule has 0 aliphatic heterocycles. The SMILES string of the molecule is COc1cccc[c]1[Hg][c]1ccccc1OC. The zero-order valence-corrected chi connectivity index (χ0v) is 15.6. The van der Waals surface area contributed by atoms with Crippen LogP contribution in [0.5, 0.6) is 11.5 Å². The zero-order valence-electron chi connectivity index (χ0n) is 10.1. The van der Waals surface area contributed by atoms with Crippen molar-refractivity contribution in [2.24, 2.45) is 0 Å². The number of rotatable bonds is 4. The van der Waals surface area contributed by atoms with Crippen molar-refractivity contribution < 1.29 is 34.0 Å². The minimum absolute atomic E-state index is 1.01. The van der Waals surface area contributed by atoms with Gasteiger partial charge in [-0.05, 0) is 0 Å². The zero-order chi connectivity index (χ0) is 12.1. The normalized spacial score (nSPS) is 9.53. The first kappa shape index (κ1) is 12.4. The first-order valence-electron chi connectivity index (χ1n) is 5.59. The van der Waals surface area contributed by atoms with Gasteiger partial charge in [-0.25, -0.2) is 0 Å². The molecule has 0 heterocycles. The average molecular weight is 415 g/mol. The topological polar surface area (TPSA) is 18.5 Å². The molecule has 0 bridgehead atoms. The van der Waals surface area contributed by atoms with Crippen molar-refractivity contribution in [3.8, 4) is 11.5 Å². The Bertz CT molecular complexity index is 452. The molecular formula is C14H14HgO2. The Morgan fingerprint density at radius 1 is 0.706 bits per heavy atom. The van der Waals surface area contributed by atoms with Gasteiger partial charge < -0.3 is 0 Å². The summed E-state index contributed by atoms with van der Waals surface area (Å²) in [6.07, 6.45) is 0. The second-order valence-electron chi connectivity index (χ2n) is 3.80. The molecule has 0 unspecified atom stereocenters. The van der Waals surface area contributed by atoms with Crippen LogP contribution in [0.3, 0.4) is 0 Å². The van der Waals surface area contributed by atoms with Crippen LogP contribution in [0.2, 0.25) is 0 Å². The summed E-state index contributed by atoms with van der Waals surface area (Å²) in [6.45, 7) is 0. The maximum atomic E-state index is 5.41. The molecule has 0 spiro atoms. The molecule has 0 N–H and O–H groups in total. The summed E-state index contributed by atoms with van der Waals surface area (Å²) in [4.78, 5) is 0. The summed E-state index contributed by atoms with van der Waals surface area (Å²) >= 11 is -1.39. The van der Waals surface area contributed by atoms with Crippen molar-refractivity contribution in [3.05, 3.63) is 48.5 Å². The molecule has 17 heavy (non-hydrogen) atoms. The fourth-order valence-electron chi connectivity index (χ4n) is 1.90. The molecule has 2 aromatic carbocycles. The van der Waals surface area contributed by atoms with Crippen molar-refractivity contribution in [1.82, 2.24) is 0 Å². The molecule has 0 aliphatic rings. The molecule has 0 amide bonds. The fraction of sp³-hybridized carbons (Fsp3) is 0.143. The van der Waals surface area contributed by atoms with Gasteiger partial charge in [-0.3, -0.25) is 0 Å². The van der Waals surface area contributed by atoms with Gasteiger partial charge in [-0.1, -0.05) is 0 Å². The Morgan fingerprint density at radius 2 is 1.12 bits per heavy atom. The molecule has 3 heteroatoms. The summed E-state index contributed by atoms with van der Waals surface area (Å²) in [7, 11) is 3.46. The van der Waals surface area contributed by atoms with Crippen molar-refractivity contribution in [2.45, 2.75) is 0 Å². The molecule has 0 aliphatic carbocycles. The predicted octanol–water partition coefficient (Wildman–Crippen LogP) is 1.74. The van der Waals surface area contributed by atoms with Crippen molar-refractivity contribution >= 4 is 6.14 Å². The molecule has 0 radical (unpaired) electrons. The number of methoxy groups -OCH3 is 2. The van der Waals surface area contributed by atoms with Gasteiger partial charge in [0.2, 0.25) is 0 Å². The number of para-hydroxylation sites is 2. The molecule has 0 saturated heterocycles. The third-order valence-electron chi connectivity index (χ3n) is 2.77. The molecule has 0 atom stereocenters. The first-order valence-corrected chi connectivity index (χ1v) is 11.1. The Morgan fingerprint density at radius 3 is 1.53 bits per heavy atom. The van der Waals surface area contributed by atoms with E-state index in [0.29, 0.717) is 0 Å². The third-order valence-corrected chi connectivity index (χ3v) is 10.3. The Balaban J connectivity index is 2.31. The van der Waals surface area contributed by atoms with Crippen LogP contribution in [0.4, 0.5) is 0 Å². The van der Waals surface area contributed by atoms with Gasteiger partial charge in [0.15, 0.2) is 0 Å². The van der Waals surface area contributed by atoms with E-state index in [9.17, 15) is 0 Å². The van der Waals surface area contributed by atoms with Gasteiger partial charge >= 0.3 is 114 Å². The molecule has 2 aromatic rings. The van der Waals surface area contributed by atoms with Crippen LogP contribution in [0.1, 0.15) is 0 Å². The summed E-state index contributed by atoms with van der Waals surface area (Å²) in [6, 6.07) is 16.6. The van der Waals surface area contributed by atoms with Crippen molar-refractivity contribution in [3.63, 3.8) is 0 Å². The Hall–Kier alpha value is -1.02. The van der Waals surface area contributed by atoms with Gasteiger partial charge in [0.25, 0.3) is 0 Å². The molecule has 0 aromatic heterocycles. The summed E-state index contributed by atoms with van der Waals surface area (Å²) in [5.74, 6) is 2.03. The predicted molar refractivity (Wildman–Crippen MR) is 65.3 cm³/mol. The van der Waals surface area contributed by atoms with Crippen molar-refractivity contribution in [1.29, 1.82) is 0 Å². The van der Waals surface area contributed by atoms with Crippen LogP contribution in [-0.4, -0.2) is 14.2 Å². The van der Waals surface area contributed by atoms with Crippen LogP contribution in [0, 0.1) is 0 Å². The van der Waals surface area contributed by atoms with E-state index in [0.717, 1.165) is 11.5 Å². The van der Waals surface area contributed by atoms with Gasteiger partial charge in [0.05, 0.1) is 0 Å². The number of benzene rings is 2. The average Bonchev–Trinajstić information content (AvgIpc) is 2.40. The van der Waals surface area contributed by atoms with Gasteiger partial charge in [-0.15, -0.1) is 0 Å². The molecule has 2 rings (SSSR count). The van der Waals surface area contributed by atoms with Gasteiger partial charge in [0.1, 0.15) is 0 Å².